The normalized spacial score (nSPS) is 19.7. The number of hydrogen-bond acceptors (Lipinski definition) is 3. The molecule has 0 spiro atoms. The Hall–Kier alpha value is -1.06. The van der Waals surface area contributed by atoms with Gasteiger partial charge in [0.05, 0.1) is 17.7 Å². The summed E-state index contributed by atoms with van der Waals surface area (Å²) >= 11 is 5.90. The van der Waals surface area contributed by atoms with E-state index in [0.29, 0.717) is 41.2 Å². The van der Waals surface area contributed by atoms with Crippen LogP contribution in [0.15, 0.2) is 12.1 Å². The molecule has 0 aromatic heterocycles. The fourth-order valence-corrected chi connectivity index (χ4v) is 1.82. The number of hydrogen-bond donors (Lipinski definition) is 1. The SMILES string of the molecule is O=Cc1cc(Cl)c2c(c1)C(O)CCO2. The maximum atomic E-state index is 10.6. The highest BCUT2D eigenvalue weighted by molar-refractivity contribution is 6.32. The summed E-state index contributed by atoms with van der Waals surface area (Å²) in [5.74, 6) is 0.496. The first kappa shape index (κ1) is 9.49. The van der Waals surface area contributed by atoms with Crippen LogP contribution in [-0.2, 0) is 0 Å². The smallest absolute Gasteiger partial charge is 0.150 e. The van der Waals surface area contributed by atoms with Crippen molar-refractivity contribution in [3.05, 3.63) is 28.3 Å². The summed E-state index contributed by atoms with van der Waals surface area (Å²) in [5, 5.41) is 10.0. The first-order chi connectivity index (χ1) is 6.72. The van der Waals surface area contributed by atoms with Crippen LogP contribution in [0.3, 0.4) is 0 Å². The number of benzene rings is 1. The van der Waals surface area contributed by atoms with Gasteiger partial charge in [0.15, 0.2) is 0 Å². The molecular formula is C10H9ClO3. The summed E-state index contributed by atoms with van der Waals surface area (Å²) in [7, 11) is 0. The van der Waals surface area contributed by atoms with E-state index in [-0.39, 0.29) is 0 Å². The lowest BCUT2D eigenvalue weighted by molar-refractivity contribution is 0.111. The molecule has 1 aliphatic heterocycles. The van der Waals surface area contributed by atoms with E-state index in [1.165, 1.54) is 6.07 Å². The molecule has 1 atom stereocenters. The Morgan fingerprint density at radius 3 is 3.07 bits per heavy atom. The van der Waals surface area contributed by atoms with Crippen molar-refractivity contribution in [1.82, 2.24) is 0 Å². The van der Waals surface area contributed by atoms with Gasteiger partial charge in [-0.3, -0.25) is 4.79 Å². The van der Waals surface area contributed by atoms with Crippen LogP contribution in [0, 0.1) is 0 Å². The lowest BCUT2D eigenvalue weighted by atomic mass is 10.0. The fourth-order valence-electron chi connectivity index (χ4n) is 1.53. The molecule has 1 unspecified atom stereocenters. The van der Waals surface area contributed by atoms with Gasteiger partial charge in [-0.05, 0) is 12.1 Å². The van der Waals surface area contributed by atoms with Crippen molar-refractivity contribution < 1.29 is 14.6 Å². The fraction of sp³-hybridized carbons (Fsp3) is 0.300. The summed E-state index contributed by atoms with van der Waals surface area (Å²) in [6.45, 7) is 0.453. The van der Waals surface area contributed by atoms with E-state index in [2.05, 4.69) is 0 Å². The van der Waals surface area contributed by atoms with E-state index in [1.807, 2.05) is 0 Å². The molecule has 14 heavy (non-hydrogen) atoms. The van der Waals surface area contributed by atoms with E-state index >= 15 is 0 Å². The summed E-state index contributed by atoms with van der Waals surface area (Å²) in [4.78, 5) is 10.6. The number of ether oxygens (including phenoxy) is 1. The number of aliphatic hydroxyl groups is 1. The molecule has 1 heterocycles. The third kappa shape index (κ3) is 1.49. The molecule has 0 bridgehead atoms. The Labute approximate surface area is 86.3 Å². The number of aldehydes is 1. The van der Waals surface area contributed by atoms with Gasteiger partial charge >= 0.3 is 0 Å². The summed E-state index contributed by atoms with van der Waals surface area (Å²) in [6, 6.07) is 3.14. The van der Waals surface area contributed by atoms with Gasteiger partial charge in [0, 0.05) is 17.5 Å². The van der Waals surface area contributed by atoms with Crippen LogP contribution in [0.25, 0.3) is 0 Å². The van der Waals surface area contributed by atoms with Gasteiger partial charge in [0.1, 0.15) is 12.0 Å². The Morgan fingerprint density at radius 1 is 1.57 bits per heavy atom. The lowest BCUT2D eigenvalue weighted by Crippen LogP contribution is -2.14. The molecule has 0 radical (unpaired) electrons. The Balaban J connectivity index is 2.57. The second-order valence-corrected chi connectivity index (χ2v) is 3.60. The Kier molecular flexibility index (Phi) is 2.44. The first-order valence-corrected chi connectivity index (χ1v) is 4.69. The third-order valence-corrected chi connectivity index (χ3v) is 2.51. The molecule has 0 amide bonds. The summed E-state index contributed by atoms with van der Waals surface area (Å²) in [6.07, 6.45) is 0.648. The molecule has 3 nitrogen and oxygen atoms in total. The van der Waals surface area contributed by atoms with Crippen LogP contribution in [0.2, 0.25) is 5.02 Å². The standard InChI is InChI=1S/C10H9ClO3/c11-8-4-6(5-12)3-7-9(13)1-2-14-10(7)8/h3-5,9,13H,1-2H2. The van der Waals surface area contributed by atoms with E-state index in [1.54, 1.807) is 6.07 Å². The topological polar surface area (TPSA) is 46.5 Å². The molecule has 1 aliphatic rings. The van der Waals surface area contributed by atoms with Crippen molar-refractivity contribution in [3.63, 3.8) is 0 Å². The van der Waals surface area contributed by atoms with Gasteiger partial charge in [-0.15, -0.1) is 0 Å². The van der Waals surface area contributed by atoms with Crippen molar-refractivity contribution in [2.45, 2.75) is 12.5 Å². The molecule has 0 aliphatic carbocycles. The Bertz CT molecular complexity index is 376. The van der Waals surface area contributed by atoms with Gasteiger partial charge in [0.2, 0.25) is 0 Å². The minimum absolute atomic E-state index is 0.378. The van der Waals surface area contributed by atoms with Crippen molar-refractivity contribution >= 4 is 17.9 Å². The highest BCUT2D eigenvalue weighted by atomic mass is 35.5. The Morgan fingerprint density at radius 2 is 2.36 bits per heavy atom. The second-order valence-electron chi connectivity index (χ2n) is 3.19. The predicted octanol–water partition coefficient (Wildman–Crippen LogP) is 1.97. The quantitative estimate of drug-likeness (QED) is 0.724. The molecular weight excluding hydrogens is 204 g/mol. The molecule has 1 aromatic carbocycles. The average Bonchev–Trinajstić information content (AvgIpc) is 2.19. The summed E-state index contributed by atoms with van der Waals surface area (Å²) in [5.41, 5.74) is 1.06. The highest BCUT2D eigenvalue weighted by Gasteiger charge is 2.22. The lowest BCUT2D eigenvalue weighted by Gasteiger charge is -2.23. The van der Waals surface area contributed by atoms with Crippen molar-refractivity contribution in [2.24, 2.45) is 0 Å². The molecule has 0 fully saturated rings. The molecule has 0 saturated carbocycles. The van der Waals surface area contributed by atoms with Crippen molar-refractivity contribution in [1.29, 1.82) is 0 Å². The maximum Gasteiger partial charge on any atom is 0.150 e. The number of fused-ring (bicyclic) bond motifs is 1. The van der Waals surface area contributed by atoms with Gasteiger partial charge in [-0.25, -0.2) is 0 Å². The average molecular weight is 213 g/mol. The number of halogens is 1. The van der Waals surface area contributed by atoms with Crippen LogP contribution in [0.1, 0.15) is 28.4 Å². The van der Waals surface area contributed by atoms with E-state index in [9.17, 15) is 9.90 Å². The van der Waals surface area contributed by atoms with Gasteiger partial charge in [-0.1, -0.05) is 11.6 Å². The summed E-state index contributed by atoms with van der Waals surface area (Å²) < 4.78 is 5.32. The van der Waals surface area contributed by atoms with Crippen LogP contribution in [0.5, 0.6) is 5.75 Å². The largest absolute Gasteiger partial charge is 0.492 e. The predicted molar refractivity (Wildman–Crippen MR) is 51.9 cm³/mol. The van der Waals surface area contributed by atoms with Crippen LogP contribution < -0.4 is 4.74 Å². The van der Waals surface area contributed by atoms with E-state index < -0.39 is 6.10 Å². The zero-order valence-electron chi connectivity index (χ0n) is 7.37. The third-order valence-electron chi connectivity index (χ3n) is 2.23. The molecule has 1 N–H and O–H groups in total. The van der Waals surface area contributed by atoms with Crippen LogP contribution in [0.4, 0.5) is 0 Å². The molecule has 4 heteroatoms. The van der Waals surface area contributed by atoms with E-state index in [0.717, 1.165) is 0 Å². The van der Waals surface area contributed by atoms with Crippen molar-refractivity contribution in [2.75, 3.05) is 6.61 Å². The van der Waals surface area contributed by atoms with Gasteiger partial charge in [0.25, 0.3) is 0 Å². The zero-order valence-corrected chi connectivity index (χ0v) is 8.12. The van der Waals surface area contributed by atoms with Crippen molar-refractivity contribution in [3.8, 4) is 5.75 Å². The number of aliphatic hydroxyl groups excluding tert-OH is 1. The molecule has 0 saturated heterocycles. The van der Waals surface area contributed by atoms with Gasteiger partial charge < -0.3 is 9.84 Å². The van der Waals surface area contributed by atoms with Crippen LogP contribution in [-0.4, -0.2) is 18.0 Å². The minimum atomic E-state index is -0.587. The second kappa shape index (κ2) is 3.59. The van der Waals surface area contributed by atoms with Crippen LogP contribution >= 0.6 is 11.6 Å². The van der Waals surface area contributed by atoms with Gasteiger partial charge in [-0.2, -0.15) is 0 Å². The molecule has 1 aromatic rings. The minimum Gasteiger partial charge on any atom is -0.492 e. The zero-order chi connectivity index (χ0) is 10.1. The number of carbonyl (C=O) groups is 1. The van der Waals surface area contributed by atoms with E-state index in [4.69, 9.17) is 16.3 Å². The monoisotopic (exact) mass is 212 g/mol. The number of rotatable bonds is 1. The highest BCUT2D eigenvalue weighted by Crippen LogP contribution is 2.38. The first-order valence-electron chi connectivity index (χ1n) is 4.32. The molecule has 74 valence electrons. The number of carbonyl (C=O) groups excluding carboxylic acids is 1. The maximum absolute atomic E-state index is 10.6. The molecule has 2 rings (SSSR count).